The average molecular weight is 439 g/mol. The van der Waals surface area contributed by atoms with E-state index in [1.54, 1.807) is 11.8 Å². The molecule has 2 unspecified atom stereocenters. The molecule has 2 aromatic rings. The van der Waals surface area contributed by atoms with Gasteiger partial charge in [-0.2, -0.15) is 0 Å². The van der Waals surface area contributed by atoms with Crippen LogP contribution < -0.4 is 0 Å². The summed E-state index contributed by atoms with van der Waals surface area (Å²) in [5.74, 6) is 0.0765. The fraction of sp³-hybridized carbons (Fsp3) is 0.208. The Balaban J connectivity index is 1.40. The smallest absolute Gasteiger partial charge is 0.200 e. The summed E-state index contributed by atoms with van der Waals surface area (Å²) in [6.45, 7) is 2.04. The number of allylic oxidation sites excluding steroid dienone is 5. The van der Waals surface area contributed by atoms with Crippen molar-refractivity contribution in [1.29, 1.82) is 0 Å². The van der Waals surface area contributed by atoms with Crippen molar-refractivity contribution in [2.45, 2.75) is 40.9 Å². The molecular weight excluding hydrogens is 420 g/mol. The summed E-state index contributed by atoms with van der Waals surface area (Å²) in [6, 6.07) is 13.9. The molecule has 2 heterocycles. The fourth-order valence-corrected chi connectivity index (χ4v) is 6.63. The first-order valence-electron chi connectivity index (χ1n) is 9.59. The normalized spacial score (nSPS) is 26.0. The molecule has 2 atom stereocenters. The molecule has 1 aliphatic carbocycles. The number of thioether (sulfide) groups is 2. The number of ketones is 1. The number of aliphatic hydroxyl groups excluding tert-OH is 1. The van der Waals surface area contributed by atoms with Crippen LogP contribution in [0.5, 0.6) is 0 Å². The van der Waals surface area contributed by atoms with Crippen LogP contribution in [-0.2, 0) is 0 Å². The Hall–Kier alpha value is -1.72. The molecule has 2 aliphatic heterocycles. The van der Waals surface area contributed by atoms with Crippen LogP contribution in [0.1, 0.15) is 40.4 Å². The van der Waals surface area contributed by atoms with E-state index in [0.29, 0.717) is 0 Å². The molecule has 5 rings (SSSR count). The number of rotatable bonds is 2. The van der Waals surface area contributed by atoms with Crippen molar-refractivity contribution >= 4 is 40.9 Å². The summed E-state index contributed by atoms with van der Waals surface area (Å²) in [4.78, 5) is 15.5. The van der Waals surface area contributed by atoms with Gasteiger partial charge >= 0.3 is 0 Å². The number of fused-ring (bicyclic) bond motifs is 2. The zero-order valence-corrected chi connectivity index (χ0v) is 18.2. The highest BCUT2D eigenvalue weighted by Gasteiger charge is 2.32. The van der Waals surface area contributed by atoms with Gasteiger partial charge in [0.2, 0.25) is 5.78 Å². The summed E-state index contributed by atoms with van der Waals surface area (Å²) in [7, 11) is 0. The van der Waals surface area contributed by atoms with Gasteiger partial charge in [0.1, 0.15) is 0 Å². The largest absolute Gasteiger partial charge is 0.387 e. The predicted octanol–water partition coefficient (Wildman–Crippen LogP) is 6.59. The summed E-state index contributed by atoms with van der Waals surface area (Å²) < 4.78 is 0. The van der Waals surface area contributed by atoms with E-state index in [4.69, 9.17) is 11.6 Å². The number of hydrogen-bond donors (Lipinski definition) is 1. The molecule has 146 valence electrons. The van der Waals surface area contributed by atoms with Crippen LogP contribution in [0.2, 0.25) is 0 Å². The molecule has 0 fully saturated rings. The number of hydrogen-bond acceptors (Lipinski definition) is 4. The number of aliphatic hydroxyl groups is 1. The van der Waals surface area contributed by atoms with Gasteiger partial charge in [-0.05, 0) is 60.8 Å². The standard InChI is InChI=1S/C24H19ClO2S2/c1-13-6-9-19-17(10-13)24(27)21(29-19)12-15-8-7-14(22(15)25)11-20-23(26)16-4-2-3-5-18(16)28-20/h2-6,9-12,21,24,27H,7-8H2,1H3. The quantitative estimate of drug-likeness (QED) is 0.536. The van der Waals surface area contributed by atoms with Gasteiger partial charge in [-0.3, -0.25) is 4.79 Å². The van der Waals surface area contributed by atoms with E-state index < -0.39 is 6.10 Å². The number of aryl methyl sites for hydroxylation is 1. The number of carbonyl (C=O) groups excluding carboxylic acids is 1. The lowest BCUT2D eigenvalue weighted by molar-refractivity contribution is 0.104. The number of carbonyl (C=O) groups is 1. The SMILES string of the molecule is Cc1ccc2c(c1)C(O)C(C=C1CCC(C=C3Sc4ccccc4C3=O)=C1Cl)S2. The Morgan fingerprint density at radius 3 is 2.79 bits per heavy atom. The third-order valence-electron chi connectivity index (χ3n) is 5.53. The number of Topliss-reactive ketones (excluding diaryl/α,β-unsaturated/α-hetero) is 1. The molecule has 1 N–H and O–H groups in total. The van der Waals surface area contributed by atoms with E-state index in [1.807, 2.05) is 37.3 Å². The Morgan fingerprint density at radius 1 is 1.14 bits per heavy atom. The number of benzene rings is 2. The monoisotopic (exact) mass is 438 g/mol. The minimum atomic E-state index is -0.518. The molecule has 5 heteroatoms. The zero-order valence-electron chi connectivity index (χ0n) is 15.8. The zero-order chi connectivity index (χ0) is 20.1. The third-order valence-corrected chi connectivity index (χ3v) is 8.41. The minimum Gasteiger partial charge on any atom is -0.387 e. The molecule has 0 bridgehead atoms. The van der Waals surface area contributed by atoms with E-state index in [1.165, 1.54) is 11.8 Å². The summed E-state index contributed by atoms with van der Waals surface area (Å²) in [5.41, 5.74) is 5.00. The highest BCUT2D eigenvalue weighted by atomic mass is 35.5. The van der Waals surface area contributed by atoms with Gasteiger partial charge in [-0.15, -0.1) is 11.8 Å². The fourth-order valence-electron chi connectivity index (χ4n) is 4.00. The van der Waals surface area contributed by atoms with Crippen molar-refractivity contribution in [3.63, 3.8) is 0 Å². The first-order chi connectivity index (χ1) is 14.0. The Kier molecular flexibility index (Phi) is 4.99. The molecule has 2 aromatic carbocycles. The van der Waals surface area contributed by atoms with E-state index in [2.05, 4.69) is 24.3 Å². The lowest BCUT2D eigenvalue weighted by atomic mass is 10.0. The van der Waals surface area contributed by atoms with Crippen molar-refractivity contribution < 1.29 is 9.90 Å². The molecule has 3 aliphatic rings. The summed E-state index contributed by atoms with van der Waals surface area (Å²) >= 11 is 9.90. The van der Waals surface area contributed by atoms with Gasteiger partial charge in [0.25, 0.3) is 0 Å². The van der Waals surface area contributed by atoms with Crippen molar-refractivity contribution in [3.8, 4) is 0 Å². The molecule has 0 spiro atoms. The second-order valence-electron chi connectivity index (χ2n) is 7.54. The van der Waals surface area contributed by atoms with Gasteiger partial charge < -0.3 is 5.11 Å². The highest BCUT2D eigenvalue weighted by Crippen LogP contribution is 2.48. The van der Waals surface area contributed by atoms with Crippen molar-refractivity contribution in [3.05, 3.63) is 92.4 Å². The van der Waals surface area contributed by atoms with Crippen LogP contribution in [0.3, 0.4) is 0 Å². The molecule has 29 heavy (non-hydrogen) atoms. The summed E-state index contributed by atoms with van der Waals surface area (Å²) in [5, 5.41) is 11.4. The lowest BCUT2D eigenvalue weighted by Crippen LogP contribution is -2.07. The summed E-state index contributed by atoms with van der Waals surface area (Å²) in [6.07, 6.45) is 5.19. The maximum Gasteiger partial charge on any atom is 0.200 e. The Morgan fingerprint density at radius 2 is 1.97 bits per heavy atom. The maximum absolute atomic E-state index is 12.6. The van der Waals surface area contributed by atoms with E-state index in [9.17, 15) is 9.90 Å². The van der Waals surface area contributed by atoms with Crippen LogP contribution in [0.15, 0.2) is 85.5 Å². The van der Waals surface area contributed by atoms with Crippen LogP contribution in [0, 0.1) is 6.92 Å². The van der Waals surface area contributed by atoms with E-state index >= 15 is 0 Å². The van der Waals surface area contributed by atoms with Gasteiger partial charge in [0.05, 0.1) is 16.3 Å². The predicted molar refractivity (Wildman–Crippen MR) is 121 cm³/mol. The second-order valence-corrected chi connectivity index (χ2v) is 10.2. The first kappa shape index (κ1) is 19.3. The van der Waals surface area contributed by atoms with Crippen LogP contribution in [0.25, 0.3) is 0 Å². The molecular formula is C24H19ClO2S2. The molecule has 0 aromatic heterocycles. The van der Waals surface area contributed by atoms with Gasteiger partial charge in [0.15, 0.2) is 0 Å². The van der Waals surface area contributed by atoms with E-state index in [0.717, 1.165) is 60.4 Å². The third kappa shape index (κ3) is 3.42. The Bertz CT molecular complexity index is 1130. The highest BCUT2D eigenvalue weighted by molar-refractivity contribution is 8.04. The minimum absolute atomic E-state index is 0.0331. The van der Waals surface area contributed by atoms with Gasteiger partial charge in [0, 0.05) is 20.4 Å². The van der Waals surface area contributed by atoms with Crippen molar-refractivity contribution in [2.24, 2.45) is 0 Å². The van der Waals surface area contributed by atoms with Crippen molar-refractivity contribution in [2.75, 3.05) is 0 Å². The maximum atomic E-state index is 12.6. The van der Waals surface area contributed by atoms with Crippen LogP contribution >= 0.6 is 35.1 Å². The topological polar surface area (TPSA) is 37.3 Å². The lowest BCUT2D eigenvalue weighted by Gasteiger charge is -2.11. The van der Waals surface area contributed by atoms with Crippen molar-refractivity contribution in [1.82, 2.24) is 0 Å². The molecule has 0 saturated heterocycles. The number of halogens is 1. The molecule has 0 radical (unpaired) electrons. The first-order valence-corrected chi connectivity index (χ1v) is 11.7. The van der Waals surface area contributed by atoms with Crippen LogP contribution in [0.4, 0.5) is 0 Å². The van der Waals surface area contributed by atoms with E-state index in [-0.39, 0.29) is 11.0 Å². The Labute approximate surface area is 183 Å². The van der Waals surface area contributed by atoms with Gasteiger partial charge in [-0.1, -0.05) is 59.3 Å². The second kappa shape index (κ2) is 7.51. The van der Waals surface area contributed by atoms with Gasteiger partial charge in [-0.25, -0.2) is 0 Å². The van der Waals surface area contributed by atoms with Crippen LogP contribution in [-0.4, -0.2) is 16.1 Å². The molecule has 2 nitrogen and oxygen atoms in total. The average Bonchev–Trinajstić information content (AvgIpc) is 3.33. The molecule has 0 saturated carbocycles. The molecule has 0 amide bonds.